The maximum absolute atomic E-state index is 3.42. The van der Waals surface area contributed by atoms with Crippen LogP contribution in [0.25, 0.3) is 10.8 Å². The van der Waals surface area contributed by atoms with Crippen LogP contribution in [0.5, 0.6) is 0 Å². The average Bonchev–Trinajstić information content (AvgIpc) is 2.86. The molecule has 0 spiro atoms. The second kappa shape index (κ2) is 5.16. The molecular weight excluding hydrogens is 250 g/mol. The molecule has 0 saturated carbocycles. The van der Waals surface area contributed by atoms with Gasteiger partial charge in [-0.2, -0.15) is 0 Å². The Kier molecular flexibility index (Phi) is 3.36. The number of aryl methyl sites for hydroxylation is 1. The van der Waals surface area contributed by atoms with Gasteiger partial charge in [-0.05, 0) is 53.4 Å². The molecule has 1 N–H and O–H groups in total. The molecule has 1 atom stereocenters. The first-order valence-electron chi connectivity index (χ1n) is 6.49. The maximum Gasteiger partial charge on any atom is 0.0582 e. The third-order valence-corrected chi connectivity index (χ3v) is 4.36. The minimum atomic E-state index is 0.273. The molecule has 0 radical (unpaired) electrons. The molecule has 1 unspecified atom stereocenters. The fourth-order valence-electron chi connectivity index (χ4n) is 2.53. The summed E-state index contributed by atoms with van der Waals surface area (Å²) in [6, 6.07) is 17.7. The smallest absolute Gasteiger partial charge is 0.0582 e. The van der Waals surface area contributed by atoms with Crippen LogP contribution >= 0.6 is 11.3 Å². The van der Waals surface area contributed by atoms with E-state index in [1.54, 1.807) is 11.3 Å². The number of fused-ring (bicyclic) bond motifs is 1. The maximum atomic E-state index is 3.42. The SMILES string of the molecule is CNC(c1csc(C)c1)c1ccc2ccccc2c1. The molecule has 0 aliphatic carbocycles. The third-order valence-electron chi connectivity index (χ3n) is 3.48. The molecule has 2 heteroatoms. The van der Waals surface area contributed by atoms with Gasteiger partial charge in [-0.25, -0.2) is 0 Å². The summed E-state index contributed by atoms with van der Waals surface area (Å²) in [6.07, 6.45) is 0. The van der Waals surface area contributed by atoms with E-state index >= 15 is 0 Å². The summed E-state index contributed by atoms with van der Waals surface area (Å²) in [5.74, 6) is 0. The predicted molar refractivity (Wildman–Crippen MR) is 83.9 cm³/mol. The lowest BCUT2D eigenvalue weighted by Crippen LogP contribution is -2.16. The van der Waals surface area contributed by atoms with Crippen LogP contribution in [0.2, 0.25) is 0 Å². The molecule has 96 valence electrons. The van der Waals surface area contributed by atoms with Crippen molar-refractivity contribution in [3.63, 3.8) is 0 Å². The summed E-state index contributed by atoms with van der Waals surface area (Å²) >= 11 is 1.81. The molecule has 1 aromatic heterocycles. The lowest BCUT2D eigenvalue weighted by atomic mass is 9.98. The van der Waals surface area contributed by atoms with E-state index in [2.05, 4.69) is 66.2 Å². The summed E-state index contributed by atoms with van der Waals surface area (Å²) < 4.78 is 0. The lowest BCUT2D eigenvalue weighted by molar-refractivity contribution is 0.695. The van der Waals surface area contributed by atoms with E-state index in [-0.39, 0.29) is 6.04 Å². The van der Waals surface area contributed by atoms with Gasteiger partial charge in [0, 0.05) is 4.88 Å². The topological polar surface area (TPSA) is 12.0 Å². The zero-order valence-corrected chi connectivity index (χ0v) is 12.0. The number of benzene rings is 2. The van der Waals surface area contributed by atoms with Gasteiger partial charge in [-0.3, -0.25) is 0 Å². The van der Waals surface area contributed by atoms with Gasteiger partial charge in [0.2, 0.25) is 0 Å². The lowest BCUT2D eigenvalue weighted by Gasteiger charge is -2.16. The van der Waals surface area contributed by atoms with E-state index in [0.29, 0.717) is 0 Å². The molecule has 0 fully saturated rings. The van der Waals surface area contributed by atoms with Crippen LogP contribution in [0.1, 0.15) is 22.0 Å². The number of rotatable bonds is 3. The van der Waals surface area contributed by atoms with Crippen LogP contribution in [-0.4, -0.2) is 7.05 Å². The molecule has 3 rings (SSSR count). The van der Waals surface area contributed by atoms with Crippen molar-refractivity contribution in [2.75, 3.05) is 7.05 Å². The highest BCUT2D eigenvalue weighted by Gasteiger charge is 2.13. The van der Waals surface area contributed by atoms with Crippen molar-refractivity contribution < 1.29 is 0 Å². The Labute approximate surface area is 117 Å². The molecular formula is C17H17NS. The molecule has 19 heavy (non-hydrogen) atoms. The normalized spacial score (nSPS) is 12.7. The fourth-order valence-corrected chi connectivity index (χ4v) is 3.26. The highest BCUT2D eigenvalue weighted by atomic mass is 32.1. The Morgan fingerprint density at radius 3 is 2.42 bits per heavy atom. The summed E-state index contributed by atoms with van der Waals surface area (Å²) in [5, 5.41) is 8.25. The van der Waals surface area contributed by atoms with E-state index in [1.165, 1.54) is 26.8 Å². The number of hydrogen-bond acceptors (Lipinski definition) is 2. The van der Waals surface area contributed by atoms with Crippen LogP contribution in [-0.2, 0) is 0 Å². The van der Waals surface area contributed by atoms with E-state index < -0.39 is 0 Å². The Morgan fingerprint density at radius 1 is 0.947 bits per heavy atom. The van der Waals surface area contributed by atoms with Crippen molar-refractivity contribution in [2.45, 2.75) is 13.0 Å². The summed E-state index contributed by atoms with van der Waals surface area (Å²) in [6.45, 7) is 2.15. The minimum absolute atomic E-state index is 0.273. The Balaban J connectivity index is 2.06. The van der Waals surface area contributed by atoms with Crippen molar-refractivity contribution in [3.05, 3.63) is 69.9 Å². The zero-order valence-electron chi connectivity index (χ0n) is 11.2. The molecule has 2 aromatic carbocycles. The minimum Gasteiger partial charge on any atom is -0.309 e. The van der Waals surface area contributed by atoms with Gasteiger partial charge < -0.3 is 5.32 Å². The second-order valence-electron chi connectivity index (χ2n) is 4.82. The van der Waals surface area contributed by atoms with Crippen LogP contribution in [0.3, 0.4) is 0 Å². The molecule has 1 nitrogen and oxygen atoms in total. The number of hydrogen-bond donors (Lipinski definition) is 1. The molecule has 0 aliphatic rings. The van der Waals surface area contributed by atoms with Crippen LogP contribution in [0.4, 0.5) is 0 Å². The summed E-state index contributed by atoms with van der Waals surface area (Å²) in [4.78, 5) is 1.36. The number of thiophene rings is 1. The molecule has 0 amide bonds. The third kappa shape index (κ3) is 2.42. The zero-order chi connectivity index (χ0) is 13.2. The van der Waals surface area contributed by atoms with E-state index in [4.69, 9.17) is 0 Å². The quantitative estimate of drug-likeness (QED) is 0.735. The number of nitrogens with one attached hydrogen (secondary N) is 1. The molecule has 0 saturated heterocycles. The van der Waals surface area contributed by atoms with Crippen molar-refractivity contribution in [3.8, 4) is 0 Å². The first kappa shape index (κ1) is 12.4. The standard InChI is InChI=1S/C17H17NS/c1-12-9-16(11-19-12)17(18-2)15-8-7-13-5-3-4-6-14(13)10-15/h3-11,17-18H,1-2H3. The summed E-state index contributed by atoms with van der Waals surface area (Å²) in [7, 11) is 2.02. The van der Waals surface area contributed by atoms with Gasteiger partial charge in [0.15, 0.2) is 0 Å². The highest BCUT2D eigenvalue weighted by molar-refractivity contribution is 7.10. The monoisotopic (exact) mass is 267 g/mol. The van der Waals surface area contributed by atoms with Gasteiger partial charge in [-0.1, -0.05) is 36.4 Å². The van der Waals surface area contributed by atoms with Crippen molar-refractivity contribution in [2.24, 2.45) is 0 Å². The average molecular weight is 267 g/mol. The molecule has 0 bridgehead atoms. The van der Waals surface area contributed by atoms with Crippen molar-refractivity contribution in [1.29, 1.82) is 0 Å². The van der Waals surface area contributed by atoms with Gasteiger partial charge in [0.05, 0.1) is 6.04 Å². The van der Waals surface area contributed by atoms with E-state index in [0.717, 1.165) is 0 Å². The van der Waals surface area contributed by atoms with Crippen molar-refractivity contribution >= 4 is 22.1 Å². The molecule has 1 heterocycles. The van der Waals surface area contributed by atoms with Crippen LogP contribution in [0.15, 0.2) is 53.9 Å². The van der Waals surface area contributed by atoms with Gasteiger partial charge >= 0.3 is 0 Å². The van der Waals surface area contributed by atoms with Crippen LogP contribution < -0.4 is 5.32 Å². The van der Waals surface area contributed by atoms with Crippen molar-refractivity contribution in [1.82, 2.24) is 5.32 Å². The fraction of sp³-hybridized carbons (Fsp3) is 0.176. The first-order chi connectivity index (χ1) is 9.28. The van der Waals surface area contributed by atoms with Gasteiger partial charge in [0.1, 0.15) is 0 Å². The predicted octanol–water partition coefficient (Wildman–Crippen LogP) is 4.52. The Hall–Kier alpha value is -1.64. The van der Waals surface area contributed by atoms with Crippen LogP contribution in [0, 0.1) is 6.92 Å². The largest absolute Gasteiger partial charge is 0.309 e. The second-order valence-corrected chi connectivity index (χ2v) is 5.93. The Bertz CT molecular complexity index is 699. The highest BCUT2D eigenvalue weighted by Crippen LogP contribution is 2.28. The summed E-state index contributed by atoms with van der Waals surface area (Å²) in [5.41, 5.74) is 2.67. The van der Waals surface area contributed by atoms with Gasteiger partial charge in [-0.15, -0.1) is 11.3 Å². The Morgan fingerprint density at radius 2 is 1.74 bits per heavy atom. The van der Waals surface area contributed by atoms with E-state index in [1.807, 2.05) is 7.05 Å². The van der Waals surface area contributed by atoms with Gasteiger partial charge in [0.25, 0.3) is 0 Å². The first-order valence-corrected chi connectivity index (χ1v) is 7.37. The molecule has 3 aromatic rings. The van der Waals surface area contributed by atoms with E-state index in [9.17, 15) is 0 Å². The molecule has 0 aliphatic heterocycles.